The molecule has 2 aromatic heterocycles. The lowest BCUT2D eigenvalue weighted by molar-refractivity contribution is 0.169. The van der Waals surface area contributed by atoms with E-state index < -0.39 is 6.10 Å². The van der Waals surface area contributed by atoms with Crippen molar-refractivity contribution in [3.8, 4) is 0 Å². The molecule has 2 heterocycles. The molecule has 0 aliphatic carbocycles. The molecule has 1 unspecified atom stereocenters. The third-order valence-corrected chi connectivity index (χ3v) is 2.95. The second-order valence-corrected chi connectivity index (χ2v) is 4.24. The Labute approximate surface area is 101 Å². The van der Waals surface area contributed by atoms with Gasteiger partial charge in [-0.1, -0.05) is 0 Å². The van der Waals surface area contributed by atoms with Crippen LogP contribution in [0.1, 0.15) is 17.6 Å². The van der Waals surface area contributed by atoms with Gasteiger partial charge >= 0.3 is 0 Å². The van der Waals surface area contributed by atoms with Crippen molar-refractivity contribution < 1.29 is 5.11 Å². The Kier molecular flexibility index (Phi) is 3.31. The van der Waals surface area contributed by atoms with Crippen molar-refractivity contribution in [2.45, 2.75) is 12.5 Å². The number of halogens is 1. The van der Waals surface area contributed by atoms with Gasteiger partial charge in [-0.15, -0.1) is 0 Å². The summed E-state index contributed by atoms with van der Waals surface area (Å²) in [6.07, 6.45) is 2.83. The van der Waals surface area contributed by atoms with Gasteiger partial charge in [0.25, 0.3) is 0 Å². The number of aryl methyl sites for hydroxylation is 1. The molecular weight excluding hydrogens is 272 g/mol. The summed E-state index contributed by atoms with van der Waals surface area (Å²) in [5.41, 5.74) is 0.616. The van der Waals surface area contributed by atoms with Gasteiger partial charge in [-0.05, 0) is 28.1 Å². The van der Waals surface area contributed by atoms with Gasteiger partial charge in [0.2, 0.25) is 0 Å². The number of hydrogen-bond donors (Lipinski definition) is 1. The van der Waals surface area contributed by atoms with Crippen molar-refractivity contribution in [2.75, 3.05) is 0 Å². The Morgan fingerprint density at radius 1 is 1.50 bits per heavy atom. The van der Waals surface area contributed by atoms with Crippen LogP contribution in [0.15, 0.2) is 29.1 Å². The topological polar surface area (TPSA) is 63.8 Å². The van der Waals surface area contributed by atoms with Gasteiger partial charge < -0.3 is 5.11 Å². The molecule has 0 amide bonds. The van der Waals surface area contributed by atoms with E-state index in [4.69, 9.17) is 0 Å². The van der Waals surface area contributed by atoms with E-state index in [-0.39, 0.29) is 0 Å². The van der Waals surface area contributed by atoms with E-state index in [2.05, 4.69) is 31.0 Å². The lowest BCUT2D eigenvalue weighted by atomic mass is 10.1. The predicted octanol–water partition coefficient (Wildman–Crippen LogP) is 1.25. The predicted molar refractivity (Wildman–Crippen MR) is 61.6 cm³/mol. The van der Waals surface area contributed by atoms with Crippen molar-refractivity contribution in [2.24, 2.45) is 7.05 Å². The molecule has 0 saturated heterocycles. The summed E-state index contributed by atoms with van der Waals surface area (Å²) in [6.45, 7) is 0. The Morgan fingerprint density at radius 2 is 2.31 bits per heavy atom. The average molecular weight is 283 g/mol. The maximum absolute atomic E-state index is 10.0. The zero-order valence-corrected chi connectivity index (χ0v) is 10.3. The lowest BCUT2D eigenvalue weighted by Crippen LogP contribution is -2.09. The first kappa shape index (κ1) is 11.2. The SMILES string of the molecule is Cn1ncnc1CC(O)c1ncccc1Br. The molecular formula is C10H11BrN4O. The largest absolute Gasteiger partial charge is 0.386 e. The van der Waals surface area contributed by atoms with E-state index in [0.717, 1.165) is 10.3 Å². The first-order chi connectivity index (χ1) is 7.68. The molecule has 6 heteroatoms. The minimum Gasteiger partial charge on any atom is -0.386 e. The van der Waals surface area contributed by atoms with Crippen LogP contribution < -0.4 is 0 Å². The number of rotatable bonds is 3. The fourth-order valence-electron chi connectivity index (χ4n) is 1.42. The Bertz CT molecular complexity index is 485. The van der Waals surface area contributed by atoms with Crippen molar-refractivity contribution >= 4 is 15.9 Å². The molecule has 2 rings (SSSR count). The maximum atomic E-state index is 10.0. The molecule has 0 saturated carbocycles. The highest BCUT2D eigenvalue weighted by molar-refractivity contribution is 9.10. The Balaban J connectivity index is 2.18. The summed E-state index contributed by atoms with van der Waals surface area (Å²) in [6, 6.07) is 3.66. The van der Waals surface area contributed by atoms with E-state index in [1.807, 2.05) is 12.1 Å². The Morgan fingerprint density at radius 3 is 2.94 bits per heavy atom. The van der Waals surface area contributed by atoms with Gasteiger partial charge in [0, 0.05) is 24.1 Å². The minimum absolute atomic E-state index is 0.395. The highest BCUT2D eigenvalue weighted by Gasteiger charge is 2.15. The minimum atomic E-state index is -0.682. The lowest BCUT2D eigenvalue weighted by Gasteiger charge is -2.10. The number of pyridine rings is 1. The molecule has 1 atom stereocenters. The third-order valence-electron chi connectivity index (χ3n) is 2.28. The normalized spacial score (nSPS) is 12.7. The monoisotopic (exact) mass is 282 g/mol. The van der Waals surface area contributed by atoms with Crippen LogP contribution in [0, 0.1) is 0 Å². The zero-order valence-electron chi connectivity index (χ0n) is 8.71. The van der Waals surface area contributed by atoms with Crippen LogP contribution in [0.3, 0.4) is 0 Å². The van der Waals surface area contributed by atoms with Crippen LogP contribution in [0.4, 0.5) is 0 Å². The van der Waals surface area contributed by atoms with Gasteiger partial charge in [0.1, 0.15) is 18.3 Å². The van der Waals surface area contributed by atoms with Crippen molar-refractivity contribution in [1.29, 1.82) is 0 Å². The van der Waals surface area contributed by atoms with Crippen molar-refractivity contribution in [3.05, 3.63) is 40.6 Å². The average Bonchev–Trinajstić information content (AvgIpc) is 2.65. The van der Waals surface area contributed by atoms with Gasteiger partial charge in [0.15, 0.2) is 0 Å². The second kappa shape index (κ2) is 4.71. The van der Waals surface area contributed by atoms with E-state index in [1.165, 1.54) is 6.33 Å². The Hall–Kier alpha value is -1.27. The number of hydrogen-bond acceptors (Lipinski definition) is 4. The molecule has 0 radical (unpaired) electrons. The van der Waals surface area contributed by atoms with E-state index >= 15 is 0 Å². The first-order valence-corrected chi connectivity index (χ1v) is 5.59. The summed E-state index contributed by atoms with van der Waals surface area (Å²) in [5.74, 6) is 0.727. The highest BCUT2D eigenvalue weighted by Crippen LogP contribution is 2.22. The molecule has 0 bridgehead atoms. The highest BCUT2D eigenvalue weighted by atomic mass is 79.9. The molecule has 1 N–H and O–H groups in total. The van der Waals surface area contributed by atoms with Gasteiger partial charge in [0.05, 0.1) is 5.69 Å². The van der Waals surface area contributed by atoms with Crippen LogP contribution in [0.5, 0.6) is 0 Å². The van der Waals surface area contributed by atoms with Gasteiger partial charge in [-0.2, -0.15) is 5.10 Å². The van der Waals surface area contributed by atoms with Crippen LogP contribution in [-0.4, -0.2) is 24.9 Å². The number of nitrogens with zero attached hydrogens (tertiary/aromatic N) is 4. The van der Waals surface area contributed by atoms with E-state index in [1.54, 1.807) is 17.9 Å². The van der Waals surface area contributed by atoms with Crippen LogP contribution in [-0.2, 0) is 13.5 Å². The molecule has 0 spiro atoms. The number of aromatic nitrogens is 4. The molecule has 84 valence electrons. The van der Waals surface area contributed by atoms with Gasteiger partial charge in [-0.3, -0.25) is 9.67 Å². The summed E-state index contributed by atoms with van der Waals surface area (Å²) in [5, 5.41) is 14.0. The van der Waals surface area contributed by atoms with E-state index in [9.17, 15) is 5.11 Å². The maximum Gasteiger partial charge on any atom is 0.138 e. The fourth-order valence-corrected chi connectivity index (χ4v) is 1.94. The molecule has 0 fully saturated rings. The number of aliphatic hydroxyl groups is 1. The molecule has 16 heavy (non-hydrogen) atoms. The first-order valence-electron chi connectivity index (χ1n) is 4.80. The smallest absolute Gasteiger partial charge is 0.138 e. The quantitative estimate of drug-likeness (QED) is 0.920. The summed E-state index contributed by atoms with van der Waals surface area (Å²) in [4.78, 5) is 8.19. The summed E-state index contributed by atoms with van der Waals surface area (Å²) >= 11 is 3.35. The summed E-state index contributed by atoms with van der Waals surface area (Å²) in [7, 11) is 1.79. The summed E-state index contributed by atoms with van der Waals surface area (Å²) < 4.78 is 2.43. The van der Waals surface area contributed by atoms with Crippen LogP contribution in [0.25, 0.3) is 0 Å². The molecule has 0 aliphatic rings. The molecule has 5 nitrogen and oxygen atoms in total. The van der Waals surface area contributed by atoms with Crippen molar-refractivity contribution in [3.63, 3.8) is 0 Å². The zero-order chi connectivity index (χ0) is 11.5. The number of aliphatic hydroxyl groups excluding tert-OH is 1. The standard InChI is InChI=1S/C10H11BrN4O/c1-15-9(13-6-14-15)5-8(16)10-7(11)3-2-4-12-10/h2-4,6,8,16H,5H2,1H3. The van der Waals surface area contributed by atoms with E-state index in [0.29, 0.717) is 12.1 Å². The second-order valence-electron chi connectivity index (χ2n) is 3.39. The molecule has 0 aromatic carbocycles. The molecule has 0 aliphatic heterocycles. The molecule has 2 aromatic rings. The fraction of sp³-hybridized carbons (Fsp3) is 0.300. The van der Waals surface area contributed by atoms with Crippen LogP contribution >= 0.6 is 15.9 Å². The van der Waals surface area contributed by atoms with Gasteiger partial charge in [-0.25, -0.2) is 4.98 Å². The van der Waals surface area contributed by atoms with Crippen LogP contribution in [0.2, 0.25) is 0 Å². The third kappa shape index (κ3) is 2.28. The van der Waals surface area contributed by atoms with Crippen molar-refractivity contribution in [1.82, 2.24) is 19.7 Å².